The van der Waals surface area contributed by atoms with Gasteiger partial charge in [-0.3, -0.25) is 4.79 Å². The summed E-state index contributed by atoms with van der Waals surface area (Å²) in [7, 11) is -1.10. The van der Waals surface area contributed by atoms with Crippen LogP contribution in [-0.4, -0.2) is 45.5 Å². The fourth-order valence-corrected chi connectivity index (χ4v) is 4.39. The van der Waals surface area contributed by atoms with Gasteiger partial charge in [-0.1, -0.05) is 17.7 Å². The van der Waals surface area contributed by atoms with Crippen molar-refractivity contribution in [1.82, 2.24) is 5.32 Å². The highest BCUT2D eigenvalue weighted by Crippen LogP contribution is 2.19. The summed E-state index contributed by atoms with van der Waals surface area (Å²) in [6.45, 7) is 4.27. The normalized spacial score (nSPS) is 20.2. The molecule has 1 amide bonds. The lowest BCUT2D eigenvalue weighted by Gasteiger charge is -2.22. The van der Waals surface area contributed by atoms with E-state index in [0.717, 1.165) is 11.3 Å². The average Bonchev–Trinajstić information content (AvgIpc) is 2.67. The average molecular weight is 310 g/mol. The van der Waals surface area contributed by atoms with Gasteiger partial charge in [0.05, 0.1) is 18.1 Å². The lowest BCUT2D eigenvalue weighted by Crippen LogP contribution is -2.41. The van der Waals surface area contributed by atoms with Crippen LogP contribution in [0.15, 0.2) is 18.2 Å². The molecule has 6 heteroatoms. The maximum Gasteiger partial charge on any atom is 0.239 e. The molecule has 21 heavy (non-hydrogen) atoms. The maximum atomic E-state index is 12.0. The third-order valence-corrected chi connectivity index (χ3v) is 5.51. The molecule has 0 saturated carbocycles. The Morgan fingerprint density at radius 2 is 2.10 bits per heavy atom. The number of benzene rings is 1. The fraction of sp³-hybridized carbons (Fsp3) is 0.533. The first-order chi connectivity index (χ1) is 9.77. The number of nitrogens with zero attached hydrogens (tertiary/aromatic N) is 1. The highest BCUT2D eigenvalue weighted by atomic mass is 32.2. The molecule has 1 atom stereocenters. The fourth-order valence-electron chi connectivity index (χ4n) is 2.72. The van der Waals surface area contributed by atoms with Crippen LogP contribution < -0.4 is 10.2 Å². The molecular formula is C15H22N2O3S. The van der Waals surface area contributed by atoms with E-state index in [2.05, 4.69) is 11.4 Å². The Morgan fingerprint density at radius 3 is 2.67 bits per heavy atom. The van der Waals surface area contributed by atoms with E-state index in [4.69, 9.17) is 0 Å². The number of aryl methyl sites for hydroxylation is 2. The van der Waals surface area contributed by atoms with Crippen LogP contribution in [0.5, 0.6) is 0 Å². The summed E-state index contributed by atoms with van der Waals surface area (Å²) in [6.07, 6.45) is 0.515. The minimum Gasteiger partial charge on any atom is -0.365 e. The molecule has 0 aliphatic carbocycles. The Hall–Kier alpha value is -1.56. The van der Waals surface area contributed by atoms with E-state index in [0.29, 0.717) is 6.42 Å². The van der Waals surface area contributed by atoms with Crippen molar-refractivity contribution in [2.45, 2.75) is 26.3 Å². The van der Waals surface area contributed by atoms with Gasteiger partial charge < -0.3 is 10.2 Å². The maximum absolute atomic E-state index is 12.0. The zero-order chi connectivity index (χ0) is 15.6. The quantitative estimate of drug-likeness (QED) is 0.902. The lowest BCUT2D eigenvalue weighted by atomic mass is 10.1. The molecule has 5 nitrogen and oxygen atoms in total. The van der Waals surface area contributed by atoms with Crippen LogP contribution in [0.3, 0.4) is 0 Å². The van der Waals surface area contributed by atoms with Crippen LogP contribution in [0.2, 0.25) is 0 Å². The van der Waals surface area contributed by atoms with Gasteiger partial charge in [0.2, 0.25) is 5.91 Å². The summed E-state index contributed by atoms with van der Waals surface area (Å²) in [5, 5.41) is 2.81. The van der Waals surface area contributed by atoms with Gasteiger partial charge in [-0.05, 0) is 31.9 Å². The first kappa shape index (κ1) is 15.8. The molecule has 1 heterocycles. The molecule has 0 spiro atoms. The zero-order valence-electron chi connectivity index (χ0n) is 12.7. The van der Waals surface area contributed by atoms with Gasteiger partial charge in [-0.15, -0.1) is 0 Å². The molecule has 1 aromatic carbocycles. The van der Waals surface area contributed by atoms with E-state index >= 15 is 0 Å². The van der Waals surface area contributed by atoms with Crippen molar-refractivity contribution in [3.05, 3.63) is 29.3 Å². The second kappa shape index (κ2) is 6.05. The third kappa shape index (κ3) is 4.20. The smallest absolute Gasteiger partial charge is 0.239 e. The van der Waals surface area contributed by atoms with E-state index in [-0.39, 0.29) is 30.0 Å². The first-order valence-electron chi connectivity index (χ1n) is 7.05. The summed E-state index contributed by atoms with van der Waals surface area (Å²) >= 11 is 0. The van der Waals surface area contributed by atoms with Gasteiger partial charge in [0.15, 0.2) is 9.84 Å². The summed E-state index contributed by atoms with van der Waals surface area (Å²) in [5.41, 5.74) is 3.31. The highest BCUT2D eigenvalue weighted by molar-refractivity contribution is 7.91. The standard InChI is InChI=1S/C15H22N2O3S/c1-11-4-5-14(12(2)8-11)17(3)9-15(18)16-13-6-7-21(19,20)10-13/h4-5,8,13H,6-7,9-10H2,1-3H3,(H,16,18)/t13-/m0/s1. The Kier molecular flexibility index (Phi) is 4.56. The van der Waals surface area contributed by atoms with Gasteiger partial charge in [-0.25, -0.2) is 8.42 Å². The van der Waals surface area contributed by atoms with Crippen molar-refractivity contribution in [3.63, 3.8) is 0 Å². The van der Waals surface area contributed by atoms with Gasteiger partial charge in [0, 0.05) is 18.8 Å². The van der Waals surface area contributed by atoms with Gasteiger partial charge in [-0.2, -0.15) is 0 Å². The zero-order valence-corrected chi connectivity index (χ0v) is 13.5. The van der Waals surface area contributed by atoms with E-state index in [1.54, 1.807) is 0 Å². The predicted octanol–water partition coefficient (Wildman–Crippen LogP) is 1.04. The molecule has 1 N–H and O–H groups in total. The molecule has 0 bridgehead atoms. The number of anilines is 1. The first-order valence-corrected chi connectivity index (χ1v) is 8.87. The van der Waals surface area contributed by atoms with E-state index < -0.39 is 9.84 Å². The molecule has 2 rings (SSSR count). The number of hydrogen-bond acceptors (Lipinski definition) is 4. The summed E-state index contributed by atoms with van der Waals surface area (Å²) in [5.74, 6) is 0.0937. The largest absolute Gasteiger partial charge is 0.365 e. The number of sulfone groups is 1. The van der Waals surface area contributed by atoms with Crippen molar-refractivity contribution in [2.24, 2.45) is 0 Å². The lowest BCUT2D eigenvalue weighted by molar-refractivity contribution is -0.120. The van der Waals surface area contributed by atoms with Crippen molar-refractivity contribution in [2.75, 3.05) is 30.0 Å². The van der Waals surface area contributed by atoms with Gasteiger partial charge in [0.25, 0.3) is 0 Å². The minimum atomic E-state index is -2.96. The number of carbonyl (C=O) groups excluding carboxylic acids is 1. The van der Waals surface area contributed by atoms with Crippen LogP contribution in [0.25, 0.3) is 0 Å². The van der Waals surface area contributed by atoms with Crippen molar-refractivity contribution >= 4 is 21.4 Å². The summed E-state index contributed by atoms with van der Waals surface area (Å²) in [4.78, 5) is 13.9. The number of nitrogens with one attached hydrogen (secondary N) is 1. The number of rotatable bonds is 4. The van der Waals surface area contributed by atoms with Crippen LogP contribution in [0.1, 0.15) is 17.5 Å². The summed E-state index contributed by atoms with van der Waals surface area (Å²) in [6, 6.07) is 5.85. The second-order valence-electron chi connectivity index (χ2n) is 5.81. The van der Waals surface area contributed by atoms with Crippen LogP contribution in [-0.2, 0) is 14.6 Å². The molecule has 1 aliphatic rings. The Balaban J connectivity index is 1.93. The van der Waals surface area contributed by atoms with Crippen LogP contribution >= 0.6 is 0 Å². The van der Waals surface area contributed by atoms with E-state index in [1.165, 1.54) is 5.56 Å². The van der Waals surface area contributed by atoms with Gasteiger partial charge >= 0.3 is 0 Å². The number of amides is 1. The molecule has 116 valence electrons. The molecular weight excluding hydrogens is 288 g/mol. The third-order valence-electron chi connectivity index (χ3n) is 3.74. The molecule has 1 saturated heterocycles. The topological polar surface area (TPSA) is 66.5 Å². The highest BCUT2D eigenvalue weighted by Gasteiger charge is 2.29. The Labute approximate surface area is 126 Å². The molecule has 0 aromatic heterocycles. The SMILES string of the molecule is Cc1ccc(N(C)CC(=O)N[C@H]2CCS(=O)(=O)C2)c(C)c1. The molecule has 1 fully saturated rings. The number of hydrogen-bond donors (Lipinski definition) is 1. The van der Waals surface area contributed by atoms with Crippen molar-refractivity contribution < 1.29 is 13.2 Å². The molecule has 0 radical (unpaired) electrons. The number of carbonyl (C=O) groups is 1. The second-order valence-corrected chi connectivity index (χ2v) is 8.04. The van der Waals surface area contributed by atoms with E-state index in [1.807, 2.05) is 37.9 Å². The predicted molar refractivity (Wildman–Crippen MR) is 84.4 cm³/mol. The minimum absolute atomic E-state index is 0.0615. The van der Waals surface area contributed by atoms with Gasteiger partial charge in [0.1, 0.15) is 0 Å². The Morgan fingerprint density at radius 1 is 1.38 bits per heavy atom. The Bertz CT molecular complexity index is 640. The molecule has 1 aromatic rings. The van der Waals surface area contributed by atoms with Crippen LogP contribution in [0.4, 0.5) is 5.69 Å². The molecule has 0 unspecified atom stereocenters. The monoisotopic (exact) mass is 310 g/mol. The molecule has 1 aliphatic heterocycles. The summed E-state index contributed by atoms with van der Waals surface area (Å²) < 4.78 is 22.8. The van der Waals surface area contributed by atoms with E-state index in [9.17, 15) is 13.2 Å². The van der Waals surface area contributed by atoms with Crippen molar-refractivity contribution in [3.8, 4) is 0 Å². The van der Waals surface area contributed by atoms with Crippen LogP contribution in [0, 0.1) is 13.8 Å². The van der Waals surface area contributed by atoms with Crippen molar-refractivity contribution in [1.29, 1.82) is 0 Å². The number of likely N-dealkylation sites (N-methyl/N-ethyl adjacent to an activating group) is 1.